The summed E-state index contributed by atoms with van der Waals surface area (Å²) in [7, 11) is 1.73. The minimum Gasteiger partial charge on any atom is -0.369 e. The van der Waals surface area contributed by atoms with Crippen molar-refractivity contribution < 1.29 is 4.52 Å². The number of benzene rings is 1. The second-order valence-corrected chi connectivity index (χ2v) is 7.62. The molecule has 7 heteroatoms. The van der Waals surface area contributed by atoms with Crippen LogP contribution in [0.25, 0.3) is 10.9 Å². The van der Waals surface area contributed by atoms with Crippen LogP contribution >= 0.6 is 0 Å². The molecule has 0 radical (unpaired) electrons. The zero-order valence-electron chi connectivity index (χ0n) is 15.5. The van der Waals surface area contributed by atoms with E-state index in [0.29, 0.717) is 11.3 Å². The predicted molar refractivity (Wildman–Crippen MR) is 103 cm³/mol. The van der Waals surface area contributed by atoms with Crippen molar-refractivity contribution in [3.8, 4) is 0 Å². The summed E-state index contributed by atoms with van der Waals surface area (Å²) >= 11 is 0. The zero-order valence-corrected chi connectivity index (χ0v) is 15.5. The monoisotopic (exact) mass is 365 g/mol. The van der Waals surface area contributed by atoms with E-state index in [9.17, 15) is 4.79 Å². The largest absolute Gasteiger partial charge is 0.369 e. The van der Waals surface area contributed by atoms with Crippen molar-refractivity contribution in [2.45, 2.75) is 25.3 Å². The number of rotatable bonds is 4. The van der Waals surface area contributed by atoms with E-state index in [2.05, 4.69) is 26.0 Å². The van der Waals surface area contributed by atoms with Crippen molar-refractivity contribution in [2.24, 2.45) is 7.05 Å². The molecule has 1 aromatic carbocycles. The first-order valence-corrected chi connectivity index (χ1v) is 9.55. The van der Waals surface area contributed by atoms with Gasteiger partial charge in [0.15, 0.2) is 0 Å². The molecule has 0 spiro atoms. The minimum absolute atomic E-state index is 0.00505. The van der Waals surface area contributed by atoms with Crippen LogP contribution in [0.2, 0.25) is 0 Å². The van der Waals surface area contributed by atoms with Gasteiger partial charge in [-0.1, -0.05) is 5.16 Å². The van der Waals surface area contributed by atoms with Gasteiger partial charge in [-0.05, 0) is 31.0 Å². The number of hydrogen-bond donors (Lipinski definition) is 0. The number of aryl methyl sites for hydroxylation is 1. The van der Waals surface area contributed by atoms with Gasteiger partial charge >= 0.3 is 0 Å². The molecule has 1 saturated carbocycles. The average molecular weight is 365 g/mol. The molecule has 5 rings (SSSR count). The zero-order chi connectivity index (χ0) is 18.4. The van der Waals surface area contributed by atoms with E-state index >= 15 is 0 Å². The van der Waals surface area contributed by atoms with Crippen LogP contribution in [0, 0.1) is 0 Å². The van der Waals surface area contributed by atoms with Crippen LogP contribution in [-0.4, -0.2) is 45.8 Å². The Morgan fingerprint density at radius 3 is 2.74 bits per heavy atom. The van der Waals surface area contributed by atoms with E-state index in [-0.39, 0.29) is 5.56 Å². The molecule has 2 fully saturated rings. The lowest BCUT2D eigenvalue weighted by Crippen LogP contribution is -2.46. The van der Waals surface area contributed by atoms with Gasteiger partial charge in [0.2, 0.25) is 0 Å². The molecule has 2 aromatic heterocycles. The third-order valence-corrected chi connectivity index (χ3v) is 5.58. The highest BCUT2D eigenvalue weighted by molar-refractivity contribution is 5.81. The summed E-state index contributed by atoms with van der Waals surface area (Å²) in [5.41, 5.74) is 2.92. The van der Waals surface area contributed by atoms with E-state index in [4.69, 9.17) is 4.52 Å². The molecular formula is C20H23N5O2. The van der Waals surface area contributed by atoms with Crippen molar-refractivity contribution in [1.29, 1.82) is 0 Å². The normalized spacial score (nSPS) is 18.3. The molecule has 1 saturated heterocycles. The van der Waals surface area contributed by atoms with E-state index in [1.807, 2.05) is 18.2 Å². The van der Waals surface area contributed by atoms with Crippen LogP contribution < -0.4 is 10.5 Å². The van der Waals surface area contributed by atoms with Crippen molar-refractivity contribution in [2.75, 3.05) is 31.1 Å². The molecular weight excluding hydrogens is 342 g/mol. The molecule has 7 nitrogen and oxygen atoms in total. The fraction of sp³-hybridized carbons (Fsp3) is 0.450. The maximum absolute atomic E-state index is 12.2. The fourth-order valence-electron chi connectivity index (χ4n) is 3.75. The van der Waals surface area contributed by atoms with Crippen LogP contribution in [0.3, 0.4) is 0 Å². The highest BCUT2D eigenvalue weighted by Crippen LogP contribution is 2.40. The molecule has 1 aliphatic carbocycles. The predicted octanol–water partition coefficient (Wildman–Crippen LogP) is 2.12. The van der Waals surface area contributed by atoms with Crippen LogP contribution in [-0.2, 0) is 13.6 Å². The Morgan fingerprint density at radius 2 is 1.96 bits per heavy atom. The quantitative estimate of drug-likeness (QED) is 0.706. The smallest absolute Gasteiger partial charge is 0.260 e. The average Bonchev–Trinajstić information content (AvgIpc) is 3.45. The molecule has 0 amide bonds. The van der Waals surface area contributed by atoms with Gasteiger partial charge in [-0.3, -0.25) is 9.69 Å². The second-order valence-electron chi connectivity index (χ2n) is 7.62. The summed E-state index contributed by atoms with van der Waals surface area (Å²) in [6, 6.07) is 8.06. The van der Waals surface area contributed by atoms with Crippen LogP contribution in [0.5, 0.6) is 0 Å². The van der Waals surface area contributed by atoms with Gasteiger partial charge in [0, 0.05) is 57.4 Å². The maximum Gasteiger partial charge on any atom is 0.260 e. The molecule has 0 N–H and O–H groups in total. The summed E-state index contributed by atoms with van der Waals surface area (Å²) < 4.78 is 6.97. The number of anilines is 1. The number of fused-ring (bicyclic) bond motifs is 1. The summed E-state index contributed by atoms with van der Waals surface area (Å²) in [4.78, 5) is 21.3. The molecule has 1 aliphatic heterocycles. The van der Waals surface area contributed by atoms with Crippen LogP contribution in [0.1, 0.15) is 30.2 Å². The first-order chi connectivity index (χ1) is 13.2. The minimum atomic E-state index is -0.00505. The van der Waals surface area contributed by atoms with Gasteiger partial charge < -0.3 is 14.0 Å². The third kappa shape index (κ3) is 3.23. The number of aromatic nitrogens is 3. The molecule has 3 heterocycles. The third-order valence-electron chi connectivity index (χ3n) is 5.58. The molecule has 140 valence electrons. The Hall–Kier alpha value is -2.67. The topological polar surface area (TPSA) is 67.4 Å². The number of hydrogen-bond acceptors (Lipinski definition) is 6. The van der Waals surface area contributed by atoms with Crippen LogP contribution in [0.4, 0.5) is 5.69 Å². The maximum atomic E-state index is 12.2. The van der Waals surface area contributed by atoms with E-state index in [1.54, 1.807) is 13.4 Å². The van der Waals surface area contributed by atoms with Crippen molar-refractivity contribution in [1.82, 2.24) is 19.6 Å². The molecule has 3 aromatic rings. The summed E-state index contributed by atoms with van der Waals surface area (Å²) in [6.07, 6.45) is 4.06. The summed E-state index contributed by atoms with van der Waals surface area (Å²) in [5.74, 6) is 1.67. The van der Waals surface area contributed by atoms with Gasteiger partial charge in [0.25, 0.3) is 5.56 Å². The molecule has 2 aliphatic rings. The fourth-order valence-corrected chi connectivity index (χ4v) is 3.75. The lowest BCUT2D eigenvalue weighted by atomic mass is 10.2. The summed E-state index contributed by atoms with van der Waals surface area (Å²) in [6.45, 7) is 4.70. The van der Waals surface area contributed by atoms with Gasteiger partial charge in [-0.15, -0.1) is 0 Å². The van der Waals surface area contributed by atoms with E-state index in [1.165, 1.54) is 17.4 Å². The molecule has 0 unspecified atom stereocenters. The first-order valence-electron chi connectivity index (χ1n) is 9.55. The number of piperazine rings is 1. The van der Waals surface area contributed by atoms with E-state index < -0.39 is 0 Å². The SMILES string of the molecule is Cn1cnc2cc(N3CCN(Cc4cc(C5CC5)on4)CC3)ccc2c1=O. The highest BCUT2D eigenvalue weighted by atomic mass is 16.5. The Labute approximate surface area is 157 Å². The highest BCUT2D eigenvalue weighted by Gasteiger charge is 2.28. The van der Waals surface area contributed by atoms with Gasteiger partial charge in [0.05, 0.1) is 22.9 Å². The lowest BCUT2D eigenvalue weighted by Gasteiger charge is -2.35. The number of nitrogens with zero attached hydrogens (tertiary/aromatic N) is 5. The Balaban J connectivity index is 1.25. The second kappa shape index (κ2) is 6.49. The first kappa shape index (κ1) is 16.5. The Kier molecular flexibility index (Phi) is 3.97. The van der Waals surface area contributed by atoms with E-state index in [0.717, 1.165) is 55.4 Å². The van der Waals surface area contributed by atoms with Gasteiger partial charge in [-0.25, -0.2) is 4.98 Å². The van der Waals surface area contributed by atoms with Crippen molar-refractivity contribution >= 4 is 16.6 Å². The molecule has 0 atom stereocenters. The van der Waals surface area contributed by atoms with Crippen molar-refractivity contribution in [3.05, 3.63) is 52.4 Å². The van der Waals surface area contributed by atoms with Gasteiger partial charge in [-0.2, -0.15) is 0 Å². The standard InChI is InChI=1S/C20H23N5O2/c1-23-13-21-18-11-16(4-5-17(18)20(23)26)25-8-6-24(7-9-25)12-15-10-19(27-22-15)14-2-3-14/h4-5,10-11,13-14H,2-3,6-9,12H2,1H3. The molecule has 0 bridgehead atoms. The summed E-state index contributed by atoms with van der Waals surface area (Å²) in [5, 5.41) is 4.89. The van der Waals surface area contributed by atoms with Gasteiger partial charge in [0.1, 0.15) is 5.76 Å². The molecule has 27 heavy (non-hydrogen) atoms. The Bertz CT molecular complexity index is 1030. The lowest BCUT2D eigenvalue weighted by molar-refractivity contribution is 0.241. The Morgan fingerprint density at radius 1 is 1.15 bits per heavy atom. The van der Waals surface area contributed by atoms with Crippen LogP contribution in [0.15, 0.2) is 39.9 Å². The van der Waals surface area contributed by atoms with Crippen molar-refractivity contribution in [3.63, 3.8) is 0 Å².